The molecule has 0 aliphatic carbocycles. The number of hydrogen-bond donors (Lipinski definition) is 1. The van der Waals surface area contributed by atoms with Crippen LogP contribution in [0.15, 0.2) is 72.1 Å². The van der Waals surface area contributed by atoms with Crippen LogP contribution in [-0.4, -0.2) is 15.5 Å². The highest BCUT2D eigenvalue weighted by molar-refractivity contribution is 7.09. The summed E-state index contributed by atoms with van der Waals surface area (Å²) >= 11 is 1.65. The summed E-state index contributed by atoms with van der Waals surface area (Å²) in [5, 5.41) is 5.03. The van der Waals surface area contributed by atoms with Gasteiger partial charge in [-0.05, 0) is 35.6 Å². The number of carbonyl (C=O) groups excluding carboxylic acids is 1. The Morgan fingerprint density at radius 2 is 1.78 bits per heavy atom. The molecule has 27 heavy (non-hydrogen) atoms. The third-order valence-electron chi connectivity index (χ3n) is 4.56. The van der Waals surface area contributed by atoms with E-state index in [0.717, 1.165) is 34.6 Å². The number of carbonyl (C=O) groups is 1. The number of amides is 1. The maximum Gasteiger partial charge on any atom is 0.240 e. The van der Waals surface area contributed by atoms with Crippen molar-refractivity contribution in [3.05, 3.63) is 88.4 Å². The molecule has 0 atom stereocenters. The van der Waals surface area contributed by atoms with Crippen molar-refractivity contribution in [2.45, 2.75) is 25.9 Å². The number of nitrogens with zero attached hydrogens (tertiary/aromatic N) is 2. The highest BCUT2D eigenvalue weighted by Gasteiger charge is 2.13. The van der Waals surface area contributed by atoms with E-state index in [-0.39, 0.29) is 12.5 Å². The molecular weight excluding hydrogens is 354 g/mol. The Morgan fingerprint density at radius 3 is 2.59 bits per heavy atom. The van der Waals surface area contributed by atoms with Crippen LogP contribution >= 0.6 is 11.3 Å². The van der Waals surface area contributed by atoms with Gasteiger partial charge in [0, 0.05) is 11.3 Å². The summed E-state index contributed by atoms with van der Waals surface area (Å²) in [6, 6.07) is 22.4. The van der Waals surface area contributed by atoms with E-state index >= 15 is 0 Å². The summed E-state index contributed by atoms with van der Waals surface area (Å²) in [7, 11) is 0. The summed E-state index contributed by atoms with van der Waals surface area (Å²) < 4.78 is 2.04. The Balaban J connectivity index is 1.51. The van der Waals surface area contributed by atoms with Crippen LogP contribution in [-0.2, 0) is 30.7 Å². The second-order valence-corrected chi connectivity index (χ2v) is 7.48. The normalized spacial score (nSPS) is 11.0. The molecule has 4 nitrogen and oxygen atoms in total. The number of fused-ring (bicyclic) bond motifs is 1. The molecule has 4 rings (SSSR count). The van der Waals surface area contributed by atoms with E-state index in [0.29, 0.717) is 6.54 Å². The smallest absolute Gasteiger partial charge is 0.240 e. The van der Waals surface area contributed by atoms with Crippen molar-refractivity contribution in [1.29, 1.82) is 0 Å². The van der Waals surface area contributed by atoms with Crippen LogP contribution in [0.2, 0.25) is 0 Å². The van der Waals surface area contributed by atoms with Crippen LogP contribution in [0.1, 0.15) is 16.3 Å². The zero-order chi connectivity index (χ0) is 18.5. The Hall–Kier alpha value is -2.92. The molecule has 0 saturated heterocycles. The van der Waals surface area contributed by atoms with Gasteiger partial charge in [-0.1, -0.05) is 48.5 Å². The second kappa shape index (κ2) is 8.18. The summed E-state index contributed by atoms with van der Waals surface area (Å²) in [5.41, 5.74) is 3.22. The van der Waals surface area contributed by atoms with Gasteiger partial charge in [-0.15, -0.1) is 11.3 Å². The number of hydrogen-bond acceptors (Lipinski definition) is 3. The summed E-state index contributed by atoms with van der Waals surface area (Å²) in [6.45, 7) is 0.860. The lowest BCUT2D eigenvalue weighted by Crippen LogP contribution is -2.27. The Labute approximate surface area is 162 Å². The van der Waals surface area contributed by atoms with Gasteiger partial charge in [0.25, 0.3) is 0 Å². The third-order valence-corrected chi connectivity index (χ3v) is 5.43. The number of aryl methyl sites for hydroxylation is 2. The molecule has 1 N–H and O–H groups in total. The highest BCUT2D eigenvalue weighted by Crippen LogP contribution is 2.18. The van der Waals surface area contributed by atoms with E-state index < -0.39 is 0 Å². The predicted molar refractivity (Wildman–Crippen MR) is 110 cm³/mol. The molecule has 2 aromatic heterocycles. The van der Waals surface area contributed by atoms with Crippen LogP contribution in [0.25, 0.3) is 11.0 Å². The average molecular weight is 375 g/mol. The lowest BCUT2D eigenvalue weighted by Gasteiger charge is -2.10. The zero-order valence-electron chi connectivity index (χ0n) is 15.0. The van der Waals surface area contributed by atoms with Gasteiger partial charge in [-0.2, -0.15) is 0 Å². The first-order valence-corrected chi connectivity index (χ1v) is 9.95. The maximum atomic E-state index is 12.5. The van der Waals surface area contributed by atoms with Gasteiger partial charge in [-0.3, -0.25) is 4.79 Å². The van der Waals surface area contributed by atoms with Crippen molar-refractivity contribution in [3.63, 3.8) is 0 Å². The third kappa shape index (κ3) is 4.26. The molecule has 0 bridgehead atoms. The van der Waals surface area contributed by atoms with E-state index in [1.165, 1.54) is 5.56 Å². The number of benzene rings is 2. The molecule has 0 fully saturated rings. The molecule has 0 spiro atoms. The van der Waals surface area contributed by atoms with Crippen molar-refractivity contribution in [2.24, 2.45) is 0 Å². The summed E-state index contributed by atoms with van der Waals surface area (Å²) in [6.07, 6.45) is 1.71. The molecule has 0 aliphatic heterocycles. The quantitative estimate of drug-likeness (QED) is 0.526. The number of aromatic nitrogens is 2. The monoisotopic (exact) mass is 375 g/mol. The van der Waals surface area contributed by atoms with Gasteiger partial charge in [0.1, 0.15) is 12.4 Å². The molecule has 1 amide bonds. The SMILES string of the molecule is O=C(Cn1c(CCc2ccccc2)nc2ccccc21)NCc1cccs1. The van der Waals surface area contributed by atoms with Gasteiger partial charge in [0.15, 0.2) is 0 Å². The van der Waals surface area contributed by atoms with Crippen LogP contribution in [0.5, 0.6) is 0 Å². The molecule has 4 aromatic rings. The molecule has 136 valence electrons. The molecule has 0 saturated carbocycles. The minimum absolute atomic E-state index is 0.00696. The van der Waals surface area contributed by atoms with Crippen molar-refractivity contribution >= 4 is 28.3 Å². The van der Waals surface area contributed by atoms with E-state index in [1.54, 1.807) is 11.3 Å². The van der Waals surface area contributed by atoms with Crippen LogP contribution in [0.4, 0.5) is 0 Å². The molecule has 2 aromatic carbocycles. The predicted octanol–water partition coefficient (Wildman–Crippen LogP) is 4.20. The topological polar surface area (TPSA) is 46.9 Å². The fourth-order valence-electron chi connectivity index (χ4n) is 3.19. The molecule has 2 heterocycles. The molecule has 5 heteroatoms. The molecule has 0 unspecified atom stereocenters. The van der Waals surface area contributed by atoms with E-state index in [2.05, 4.69) is 29.6 Å². The first-order valence-electron chi connectivity index (χ1n) is 9.07. The fourth-order valence-corrected chi connectivity index (χ4v) is 3.84. The Kier molecular flexibility index (Phi) is 5.30. The lowest BCUT2D eigenvalue weighted by atomic mass is 10.1. The summed E-state index contributed by atoms with van der Waals surface area (Å²) in [5.74, 6) is 0.957. The van der Waals surface area contributed by atoms with Crippen LogP contribution < -0.4 is 5.32 Å². The van der Waals surface area contributed by atoms with Gasteiger partial charge < -0.3 is 9.88 Å². The number of nitrogens with one attached hydrogen (secondary N) is 1. The largest absolute Gasteiger partial charge is 0.350 e. The number of imidazole rings is 1. The van der Waals surface area contributed by atoms with Gasteiger partial charge in [0.05, 0.1) is 17.6 Å². The maximum absolute atomic E-state index is 12.5. The van der Waals surface area contributed by atoms with Gasteiger partial charge in [0.2, 0.25) is 5.91 Å². The Bertz CT molecular complexity index is 1020. The number of thiophene rings is 1. The van der Waals surface area contributed by atoms with Crippen LogP contribution in [0.3, 0.4) is 0 Å². The minimum Gasteiger partial charge on any atom is -0.350 e. The van der Waals surface area contributed by atoms with E-state index in [1.807, 2.05) is 52.4 Å². The first kappa shape index (κ1) is 17.5. The van der Waals surface area contributed by atoms with Gasteiger partial charge >= 0.3 is 0 Å². The van der Waals surface area contributed by atoms with Gasteiger partial charge in [-0.25, -0.2) is 4.98 Å². The standard InChI is InChI=1S/C22H21N3OS/c26-22(23-15-18-9-6-14-27-18)16-25-20-11-5-4-10-19(20)24-21(25)13-12-17-7-2-1-3-8-17/h1-11,14H,12-13,15-16H2,(H,23,26). The lowest BCUT2D eigenvalue weighted by molar-refractivity contribution is -0.121. The van der Waals surface area contributed by atoms with Crippen LogP contribution in [0, 0.1) is 0 Å². The van der Waals surface area contributed by atoms with Crippen molar-refractivity contribution in [1.82, 2.24) is 14.9 Å². The molecular formula is C22H21N3OS. The second-order valence-electron chi connectivity index (χ2n) is 6.44. The first-order chi connectivity index (χ1) is 13.3. The van der Waals surface area contributed by atoms with E-state index in [9.17, 15) is 4.79 Å². The zero-order valence-corrected chi connectivity index (χ0v) is 15.8. The molecule has 0 aliphatic rings. The van der Waals surface area contributed by atoms with E-state index in [4.69, 9.17) is 4.98 Å². The number of rotatable bonds is 7. The Morgan fingerprint density at radius 1 is 0.963 bits per heavy atom. The summed E-state index contributed by atoms with van der Waals surface area (Å²) in [4.78, 5) is 18.5. The highest BCUT2D eigenvalue weighted by atomic mass is 32.1. The molecule has 0 radical (unpaired) electrons. The minimum atomic E-state index is 0.00696. The fraction of sp³-hybridized carbons (Fsp3) is 0.182. The van der Waals surface area contributed by atoms with Crippen molar-refractivity contribution < 1.29 is 4.79 Å². The number of para-hydroxylation sites is 2. The van der Waals surface area contributed by atoms with Crippen molar-refractivity contribution in [3.8, 4) is 0 Å². The van der Waals surface area contributed by atoms with Crippen molar-refractivity contribution in [2.75, 3.05) is 0 Å². The average Bonchev–Trinajstić information content (AvgIpc) is 3.34.